The molecule has 0 bridgehead atoms. The molecule has 3 aromatic rings. The van der Waals surface area contributed by atoms with Crippen molar-refractivity contribution in [3.63, 3.8) is 0 Å². The first-order valence-electron chi connectivity index (χ1n) is 7.61. The van der Waals surface area contributed by atoms with Crippen molar-refractivity contribution in [1.29, 1.82) is 0 Å². The Labute approximate surface area is 161 Å². The average molecular weight is 391 g/mol. The molecule has 2 aromatic carbocycles. The van der Waals surface area contributed by atoms with Crippen LogP contribution in [0.4, 0.5) is 11.4 Å². The highest BCUT2D eigenvalue weighted by atomic mass is 35.5. The molecule has 0 saturated heterocycles. The molecule has 0 saturated carbocycles. The van der Waals surface area contributed by atoms with Crippen molar-refractivity contribution >= 4 is 51.9 Å². The number of rotatable bonds is 4. The van der Waals surface area contributed by atoms with E-state index in [1.54, 1.807) is 24.4 Å². The molecular weight excluding hydrogens is 375 g/mol. The van der Waals surface area contributed by atoms with Crippen LogP contribution < -0.4 is 10.6 Å². The number of aromatic nitrogens is 2. The van der Waals surface area contributed by atoms with Crippen LogP contribution in [0.1, 0.15) is 11.1 Å². The van der Waals surface area contributed by atoms with Crippen LogP contribution in [0.2, 0.25) is 10.0 Å². The van der Waals surface area contributed by atoms with Crippen molar-refractivity contribution in [2.24, 2.45) is 0 Å². The smallest absolute Gasteiger partial charge is 0.175 e. The van der Waals surface area contributed by atoms with Gasteiger partial charge < -0.3 is 10.6 Å². The molecule has 7 heteroatoms. The summed E-state index contributed by atoms with van der Waals surface area (Å²) < 4.78 is 1.85. The van der Waals surface area contributed by atoms with Crippen LogP contribution in [-0.4, -0.2) is 14.9 Å². The lowest BCUT2D eigenvalue weighted by molar-refractivity contribution is 0.686. The quantitative estimate of drug-likeness (QED) is 0.588. The topological polar surface area (TPSA) is 41.9 Å². The Bertz CT molecular complexity index is 908. The third-order valence-electron chi connectivity index (χ3n) is 3.49. The molecule has 25 heavy (non-hydrogen) atoms. The number of nitrogens with one attached hydrogen (secondary N) is 2. The molecule has 0 fully saturated rings. The number of benzene rings is 2. The summed E-state index contributed by atoms with van der Waals surface area (Å²) in [7, 11) is 0. The van der Waals surface area contributed by atoms with Gasteiger partial charge in [-0.3, -0.25) is 4.68 Å². The van der Waals surface area contributed by atoms with E-state index in [0.29, 0.717) is 27.4 Å². The Balaban J connectivity index is 1.62. The number of thiocarbonyl (C=S) groups is 1. The van der Waals surface area contributed by atoms with E-state index in [-0.39, 0.29) is 0 Å². The summed E-state index contributed by atoms with van der Waals surface area (Å²) in [6, 6.07) is 13.5. The number of aryl methyl sites for hydroxylation is 1. The van der Waals surface area contributed by atoms with Gasteiger partial charge in [-0.15, -0.1) is 0 Å². The summed E-state index contributed by atoms with van der Waals surface area (Å²) >= 11 is 17.4. The third kappa shape index (κ3) is 4.95. The second kappa shape index (κ2) is 7.87. The Morgan fingerprint density at radius 1 is 1.16 bits per heavy atom. The predicted molar refractivity (Wildman–Crippen MR) is 109 cm³/mol. The predicted octanol–water partition coefficient (Wildman–Crippen LogP) is 5.36. The summed E-state index contributed by atoms with van der Waals surface area (Å²) in [6.45, 7) is 2.77. The number of nitrogens with zero attached hydrogens (tertiary/aromatic N) is 2. The van der Waals surface area contributed by atoms with E-state index >= 15 is 0 Å². The molecule has 3 rings (SSSR count). The monoisotopic (exact) mass is 390 g/mol. The SMILES string of the molecule is Cc1cccc(Cn2cc(NC(=S)Nc3cc(Cl)ccc3Cl)cn2)c1. The highest BCUT2D eigenvalue weighted by molar-refractivity contribution is 7.80. The van der Waals surface area contributed by atoms with Gasteiger partial charge in [0.25, 0.3) is 0 Å². The van der Waals surface area contributed by atoms with Crippen molar-refractivity contribution < 1.29 is 0 Å². The van der Waals surface area contributed by atoms with E-state index < -0.39 is 0 Å². The van der Waals surface area contributed by atoms with E-state index in [2.05, 4.69) is 40.9 Å². The third-order valence-corrected chi connectivity index (χ3v) is 4.26. The van der Waals surface area contributed by atoms with Crippen molar-refractivity contribution in [2.45, 2.75) is 13.5 Å². The minimum atomic E-state index is 0.416. The van der Waals surface area contributed by atoms with Crippen LogP contribution in [0, 0.1) is 6.92 Å². The molecule has 0 aliphatic carbocycles. The van der Waals surface area contributed by atoms with E-state index in [0.717, 1.165) is 5.69 Å². The van der Waals surface area contributed by atoms with E-state index in [1.807, 2.05) is 16.9 Å². The molecule has 128 valence electrons. The Morgan fingerprint density at radius 3 is 2.80 bits per heavy atom. The summed E-state index contributed by atoms with van der Waals surface area (Å²) in [5, 5.41) is 12.0. The molecule has 1 aromatic heterocycles. The summed E-state index contributed by atoms with van der Waals surface area (Å²) in [6.07, 6.45) is 3.62. The zero-order valence-corrected chi connectivity index (χ0v) is 15.8. The molecular formula is C18H16Cl2N4S. The number of hydrogen-bond acceptors (Lipinski definition) is 2. The molecule has 4 nitrogen and oxygen atoms in total. The van der Waals surface area contributed by atoms with Gasteiger partial charge in [0.15, 0.2) is 5.11 Å². The van der Waals surface area contributed by atoms with Gasteiger partial charge in [0, 0.05) is 11.2 Å². The van der Waals surface area contributed by atoms with Gasteiger partial charge in [0.1, 0.15) is 0 Å². The van der Waals surface area contributed by atoms with E-state index in [1.165, 1.54) is 11.1 Å². The number of halogens is 2. The molecule has 0 aliphatic rings. The van der Waals surface area contributed by atoms with Crippen molar-refractivity contribution in [1.82, 2.24) is 9.78 Å². The molecule has 0 radical (unpaired) electrons. The first kappa shape index (κ1) is 17.7. The first-order chi connectivity index (χ1) is 12.0. The molecule has 0 atom stereocenters. The normalized spacial score (nSPS) is 10.5. The molecule has 0 aliphatic heterocycles. The zero-order valence-electron chi connectivity index (χ0n) is 13.5. The second-order valence-electron chi connectivity index (χ2n) is 5.62. The van der Waals surface area contributed by atoms with Crippen molar-refractivity contribution in [3.05, 3.63) is 76.0 Å². The molecule has 2 N–H and O–H groups in total. The van der Waals surface area contributed by atoms with Crippen LogP contribution in [0.15, 0.2) is 54.9 Å². The fraction of sp³-hybridized carbons (Fsp3) is 0.111. The number of hydrogen-bond donors (Lipinski definition) is 2. The van der Waals surface area contributed by atoms with Crippen LogP contribution in [0.5, 0.6) is 0 Å². The van der Waals surface area contributed by atoms with E-state index in [9.17, 15) is 0 Å². The highest BCUT2D eigenvalue weighted by Crippen LogP contribution is 2.25. The Hall–Kier alpha value is -2.08. The summed E-state index contributed by atoms with van der Waals surface area (Å²) in [5.41, 5.74) is 3.87. The molecule has 0 amide bonds. The lowest BCUT2D eigenvalue weighted by atomic mass is 10.1. The van der Waals surface area contributed by atoms with Crippen molar-refractivity contribution in [2.75, 3.05) is 10.6 Å². The second-order valence-corrected chi connectivity index (χ2v) is 6.87. The molecule has 0 spiro atoms. The maximum Gasteiger partial charge on any atom is 0.175 e. The van der Waals surface area contributed by atoms with Gasteiger partial charge in [-0.1, -0.05) is 53.0 Å². The van der Waals surface area contributed by atoms with Crippen LogP contribution >= 0.6 is 35.4 Å². The van der Waals surface area contributed by atoms with Gasteiger partial charge in [0.05, 0.1) is 29.1 Å². The van der Waals surface area contributed by atoms with Crippen LogP contribution in [-0.2, 0) is 6.54 Å². The van der Waals surface area contributed by atoms with Gasteiger partial charge in [-0.05, 0) is 42.9 Å². The van der Waals surface area contributed by atoms with Gasteiger partial charge in [-0.25, -0.2) is 0 Å². The first-order valence-corrected chi connectivity index (χ1v) is 8.77. The molecule has 1 heterocycles. The minimum absolute atomic E-state index is 0.416. The fourth-order valence-electron chi connectivity index (χ4n) is 2.39. The fourth-order valence-corrected chi connectivity index (χ4v) is 2.95. The van der Waals surface area contributed by atoms with E-state index in [4.69, 9.17) is 35.4 Å². The average Bonchev–Trinajstić information content (AvgIpc) is 2.97. The summed E-state index contributed by atoms with van der Waals surface area (Å²) in [5.74, 6) is 0. The zero-order chi connectivity index (χ0) is 17.8. The van der Waals surface area contributed by atoms with Gasteiger partial charge in [-0.2, -0.15) is 5.10 Å². The minimum Gasteiger partial charge on any atom is -0.331 e. The Kier molecular flexibility index (Phi) is 5.58. The van der Waals surface area contributed by atoms with Gasteiger partial charge in [0.2, 0.25) is 0 Å². The Morgan fingerprint density at radius 2 is 2.00 bits per heavy atom. The maximum absolute atomic E-state index is 6.13. The maximum atomic E-state index is 6.13. The standard InChI is InChI=1S/C18H16Cl2N4S/c1-12-3-2-4-13(7-12)10-24-11-15(9-21-24)22-18(25)23-17-8-14(19)5-6-16(17)20/h2-9,11H,10H2,1H3,(H2,22,23,25). The van der Waals surface area contributed by atoms with Crippen LogP contribution in [0.3, 0.4) is 0 Å². The van der Waals surface area contributed by atoms with Crippen molar-refractivity contribution in [3.8, 4) is 0 Å². The highest BCUT2D eigenvalue weighted by Gasteiger charge is 2.06. The van der Waals surface area contributed by atoms with Crippen LogP contribution in [0.25, 0.3) is 0 Å². The number of anilines is 2. The molecule has 0 unspecified atom stereocenters. The lowest BCUT2D eigenvalue weighted by Crippen LogP contribution is -2.19. The largest absolute Gasteiger partial charge is 0.331 e. The summed E-state index contributed by atoms with van der Waals surface area (Å²) in [4.78, 5) is 0. The lowest BCUT2D eigenvalue weighted by Gasteiger charge is -2.10. The van der Waals surface area contributed by atoms with Gasteiger partial charge >= 0.3 is 0 Å².